The van der Waals surface area contributed by atoms with Gasteiger partial charge in [0.2, 0.25) is 0 Å². The van der Waals surface area contributed by atoms with Gasteiger partial charge in [0.15, 0.2) is 0 Å². The second-order valence-corrected chi connectivity index (χ2v) is 10.1. The van der Waals surface area contributed by atoms with Gasteiger partial charge in [0.1, 0.15) is 46.7 Å². The fraction of sp³-hybridized carbons (Fsp3) is 0.273. The van der Waals surface area contributed by atoms with Crippen LogP contribution in [0.5, 0.6) is 34.5 Å². The fourth-order valence-electron chi connectivity index (χ4n) is 5.85. The van der Waals surface area contributed by atoms with Gasteiger partial charge in [-0.25, -0.2) is 0 Å². The first-order chi connectivity index (χ1) is 19.1. The highest BCUT2D eigenvalue weighted by molar-refractivity contribution is 5.64. The van der Waals surface area contributed by atoms with Crippen LogP contribution in [0.3, 0.4) is 0 Å². The molecule has 0 unspecified atom stereocenters. The standard InChI is InChI=1S/C33H32O6/c1-36-30-18-26(34)25(33-22(30)13-16-29(39-33)21-11-7-4-8-12-21)17-24-27(35)19-31-23(32(24)37-2)14-15-28(38-31)20-9-5-3-6-10-20/h3-12,18-19,28-29,34-35H,13-17H2,1-2H3/t28-,29-/m0/s1. The Morgan fingerprint density at radius 2 is 1.31 bits per heavy atom. The lowest BCUT2D eigenvalue weighted by molar-refractivity contribution is 0.171. The molecule has 0 amide bonds. The minimum Gasteiger partial charge on any atom is -0.507 e. The second kappa shape index (κ2) is 10.4. The van der Waals surface area contributed by atoms with Crippen molar-refractivity contribution in [1.29, 1.82) is 0 Å². The van der Waals surface area contributed by atoms with Crippen molar-refractivity contribution in [1.82, 2.24) is 0 Å². The minimum atomic E-state index is -0.147. The maximum Gasteiger partial charge on any atom is 0.134 e. The number of methoxy groups -OCH3 is 2. The molecule has 0 spiro atoms. The van der Waals surface area contributed by atoms with Crippen molar-refractivity contribution in [3.8, 4) is 34.5 Å². The molecule has 2 atom stereocenters. The highest BCUT2D eigenvalue weighted by Crippen LogP contribution is 2.50. The van der Waals surface area contributed by atoms with Crippen LogP contribution in [-0.4, -0.2) is 24.4 Å². The lowest BCUT2D eigenvalue weighted by Gasteiger charge is -2.31. The number of phenolic OH excluding ortho intramolecular Hbond substituents is 2. The van der Waals surface area contributed by atoms with Crippen LogP contribution in [0, 0.1) is 0 Å². The van der Waals surface area contributed by atoms with E-state index in [9.17, 15) is 10.2 Å². The molecule has 6 rings (SSSR count). The Bertz CT molecular complexity index is 1480. The summed E-state index contributed by atoms with van der Waals surface area (Å²) in [5.74, 6) is 2.51. The number of ether oxygens (including phenoxy) is 4. The van der Waals surface area contributed by atoms with Gasteiger partial charge in [-0.3, -0.25) is 0 Å². The average molecular weight is 525 g/mol. The van der Waals surface area contributed by atoms with Crippen molar-refractivity contribution in [2.75, 3.05) is 14.2 Å². The summed E-state index contributed by atoms with van der Waals surface area (Å²) >= 11 is 0. The molecule has 2 N–H and O–H groups in total. The van der Waals surface area contributed by atoms with Gasteiger partial charge in [0, 0.05) is 40.8 Å². The van der Waals surface area contributed by atoms with Crippen molar-refractivity contribution in [3.63, 3.8) is 0 Å². The predicted octanol–water partition coefficient (Wildman–Crippen LogP) is 6.84. The van der Waals surface area contributed by atoms with Gasteiger partial charge in [-0.15, -0.1) is 0 Å². The van der Waals surface area contributed by atoms with Crippen molar-refractivity contribution in [2.45, 2.75) is 44.3 Å². The Balaban J connectivity index is 1.38. The van der Waals surface area contributed by atoms with Gasteiger partial charge < -0.3 is 29.2 Å². The molecule has 0 bridgehead atoms. The number of hydrogen-bond donors (Lipinski definition) is 2. The van der Waals surface area contributed by atoms with Gasteiger partial charge in [0.25, 0.3) is 0 Å². The smallest absolute Gasteiger partial charge is 0.134 e. The number of benzene rings is 4. The lowest BCUT2D eigenvalue weighted by Crippen LogP contribution is -2.18. The normalized spacial score (nSPS) is 17.8. The molecule has 2 aliphatic rings. The van der Waals surface area contributed by atoms with Crippen molar-refractivity contribution in [2.24, 2.45) is 0 Å². The van der Waals surface area contributed by atoms with E-state index in [1.807, 2.05) is 36.4 Å². The number of hydrogen-bond acceptors (Lipinski definition) is 6. The second-order valence-electron chi connectivity index (χ2n) is 10.1. The van der Waals surface area contributed by atoms with E-state index in [1.165, 1.54) is 0 Å². The summed E-state index contributed by atoms with van der Waals surface area (Å²) in [6.45, 7) is 0. The summed E-state index contributed by atoms with van der Waals surface area (Å²) in [4.78, 5) is 0. The van der Waals surface area contributed by atoms with E-state index < -0.39 is 0 Å². The zero-order chi connectivity index (χ0) is 26.9. The molecular formula is C33H32O6. The van der Waals surface area contributed by atoms with Crippen molar-refractivity contribution in [3.05, 3.63) is 106 Å². The van der Waals surface area contributed by atoms with Gasteiger partial charge in [-0.2, -0.15) is 0 Å². The summed E-state index contributed by atoms with van der Waals surface area (Å²) in [5, 5.41) is 22.4. The molecule has 2 heterocycles. The van der Waals surface area contributed by atoms with E-state index in [0.29, 0.717) is 34.1 Å². The van der Waals surface area contributed by atoms with Gasteiger partial charge in [0.05, 0.1) is 14.2 Å². The summed E-state index contributed by atoms with van der Waals surface area (Å²) in [7, 11) is 3.20. The number of aromatic hydroxyl groups is 2. The molecule has 2 aliphatic heterocycles. The molecule has 4 aromatic rings. The lowest BCUT2D eigenvalue weighted by atomic mass is 9.90. The molecule has 0 aliphatic carbocycles. The van der Waals surface area contributed by atoms with Crippen LogP contribution in [0.15, 0.2) is 72.8 Å². The number of fused-ring (bicyclic) bond motifs is 2. The van der Waals surface area contributed by atoms with Crippen LogP contribution < -0.4 is 18.9 Å². The van der Waals surface area contributed by atoms with E-state index in [-0.39, 0.29) is 30.1 Å². The Hall–Kier alpha value is -4.32. The van der Waals surface area contributed by atoms with Crippen LogP contribution in [0.4, 0.5) is 0 Å². The van der Waals surface area contributed by atoms with E-state index in [4.69, 9.17) is 18.9 Å². The molecule has 6 heteroatoms. The first kappa shape index (κ1) is 25.0. The van der Waals surface area contributed by atoms with Crippen LogP contribution >= 0.6 is 0 Å². The first-order valence-corrected chi connectivity index (χ1v) is 13.3. The van der Waals surface area contributed by atoms with Crippen LogP contribution in [0.1, 0.15) is 58.4 Å². The van der Waals surface area contributed by atoms with Crippen LogP contribution in [0.25, 0.3) is 0 Å². The molecule has 0 aromatic heterocycles. The zero-order valence-electron chi connectivity index (χ0n) is 22.1. The molecule has 0 fully saturated rings. The molecule has 0 saturated heterocycles. The quantitative estimate of drug-likeness (QED) is 0.288. The topological polar surface area (TPSA) is 77.4 Å². The summed E-state index contributed by atoms with van der Waals surface area (Å²) in [5.41, 5.74) is 5.21. The van der Waals surface area contributed by atoms with Gasteiger partial charge in [-0.1, -0.05) is 60.7 Å². The molecule has 0 saturated carbocycles. The van der Waals surface area contributed by atoms with Gasteiger partial charge in [-0.05, 0) is 36.8 Å². The molecule has 6 nitrogen and oxygen atoms in total. The summed E-state index contributed by atoms with van der Waals surface area (Å²) in [6.07, 6.45) is 3.07. The Morgan fingerprint density at radius 3 is 1.92 bits per heavy atom. The molecule has 0 radical (unpaired) electrons. The molecule has 200 valence electrons. The predicted molar refractivity (Wildman–Crippen MR) is 148 cm³/mol. The number of phenols is 2. The molecule has 4 aromatic carbocycles. The first-order valence-electron chi connectivity index (χ1n) is 13.3. The van der Waals surface area contributed by atoms with E-state index in [2.05, 4.69) is 24.3 Å². The van der Waals surface area contributed by atoms with E-state index >= 15 is 0 Å². The highest BCUT2D eigenvalue weighted by Gasteiger charge is 2.32. The third-order valence-corrected chi connectivity index (χ3v) is 7.81. The third-order valence-electron chi connectivity index (χ3n) is 7.81. The third kappa shape index (κ3) is 4.60. The monoisotopic (exact) mass is 524 g/mol. The van der Waals surface area contributed by atoms with Crippen molar-refractivity contribution < 1.29 is 29.2 Å². The van der Waals surface area contributed by atoms with Gasteiger partial charge >= 0.3 is 0 Å². The Kier molecular flexibility index (Phi) is 6.69. The molecular weight excluding hydrogens is 492 g/mol. The maximum atomic E-state index is 11.2. The average Bonchev–Trinajstić information content (AvgIpc) is 2.98. The van der Waals surface area contributed by atoms with E-state index in [0.717, 1.165) is 47.9 Å². The Labute approximate surface area is 228 Å². The molecule has 39 heavy (non-hydrogen) atoms. The summed E-state index contributed by atoms with van der Waals surface area (Å²) < 4.78 is 24.3. The van der Waals surface area contributed by atoms with Crippen molar-refractivity contribution >= 4 is 0 Å². The fourth-order valence-corrected chi connectivity index (χ4v) is 5.85. The zero-order valence-corrected chi connectivity index (χ0v) is 22.1. The largest absolute Gasteiger partial charge is 0.507 e. The highest BCUT2D eigenvalue weighted by atomic mass is 16.5. The summed E-state index contributed by atoms with van der Waals surface area (Å²) in [6, 6.07) is 23.5. The number of rotatable bonds is 6. The van der Waals surface area contributed by atoms with Crippen LogP contribution in [0.2, 0.25) is 0 Å². The SMILES string of the molecule is COc1cc(O)c(Cc2c(O)cc3c(c2OC)CC[C@@H](c2ccccc2)O3)c2c1CC[C@@H](c1ccccc1)O2. The minimum absolute atomic E-state index is 0.0544. The maximum absolute atomic E-state index is 11.2. The Morgan fingerprint density at radius 1 is 0.718 bits per heavy atom. The van der Waals surface area contributed by atoms with Crippen LogP contribution in [-0.2, 0) is 19.3 Å². The van der Waals surface area contributed by atoms with E-state index in [1.54, 1.807) is 26.4 Å².